The van der Waals surface area contributed by atoms with Gasteiger partial charge >= 0.3 is 18.0 Å². The number of carbonyl (C=O) groups is 3. The Labute approximate surface area is 126 Å². The number of halogens is 1. The molecule has 2 amide bonds. The highest BCUT2D eigenvalue weighted by molar-refractivity contribution is 9.11. The van der Waals surface area contributed by atoms with Gasteiger partial charge in [-0.05, 0) is 28.8 Å². The molecule has 0 fully saturated rings. The van der Waals surface area contributed by atoms with Gasteiger partial charge in [-0.15, -0.1) is 0 Å². The van der Waals surface area contributed by atoms with E-state index in [1.807, 2.05) is 0 Å². The number of carboxylic acid groups (broad SMARTS) is 2. The summed E-state index contributed by atoms with van der Waals surface area (Å²) >= 11 is 4.36. The molecule has 0 aromatic carbocycles. The van der Waals surface area contributed by atoms with Gasteiger partial charge in [0.1, 0.15) is 6.04 Å². The topological polar surface area (TPSA) is 129 Å². The van der Waals surface area contributed by atoms with Gasteiger partial charge in [0.15, 0.2) is 5.13 Å². The molecule has 1 aromatic heterocycles. The summed E-state index contributed by atoms with van der Waals surface area (Å²) < 4.78 is 0.726. The first kappa shape index (κ1) is 16.4. The van der Waals surface area contributed by atoms with Crippen LogP contribution in [0.2, 0.25) is 0 Å². The molecule has 1 atom stereocenters. The third kappa shape index (κ3) is 5.97. The maximum absolute atomic E-state index is 11.6. The number of hydrogen-bond acceptors (Lipinski definition) is 5. The summed E-state index contributed by atoms with van der Waals surface area (Å²) in [5, 5.41) is 22.4. The normalized spacial score (nSPS) is 11.7. The first-order valence-electron chi connectivity index (χ1n) is 5.52. The molecule has 0 spiro atoms. The first-order chi connectivity index (χ1) is 9.38. The molecular weight excluding hydrogens is 354 g/mol. The number of amides is 2. The molecule has 4 N–H and O–H groups in total. The van der Waals surface area contributed by atoms with Gasteiger partial charge in [0.25, 0.3) is 0 Å². The van der Waals surface area contributed by atoms with Crippen LogP contribution in [0.5, 0.6) is 0 Å². The van der Waals surface area contributed by atoms with Gasteiger partial charge in [-0.2, -0.15) is 0 Å². The maximum Gasteiger partial charge on any atom is 0.326 e. The van der Waals surface area contributed by atoms with E-state index in [1.165, 1.54) is 17.5 Å². The summed E-state index contributed by atoms with van der Waals surface area (Å²) in [4.78, 5) is 36.8. The molecule has 0 saturated carbocycles. The molecule has 0 aliphatic rings. The summed E-state index contributed by atoms with van der Waals surface area (Å²) in [6, 6.07) is -1.84. The largest absolute Gasteiger partial charge is 0.481 e. The van der Waals surface area contributed by atoms with Crippen molar-refractivity contribution in [1.29, 1.82) is 0 Å². The molecule has 0 bridgehead atoms. The van der Waals surface area contributed by atoms with Crippen molar-refractivity contribution in [3.63, 3.8) is 0 Å². The van der Waals surface area contributed by atoms with Crippen LogP contribution in [0, 0.1) is 0 Å². The number of rotatable bonds is 7. The highest BCUT2D eigenvalue weighted by Gasteiger charge is 2.20. The summed E-state index contributed by atoms with van der Waals surface area (Å²) in [5.41, 5.74) is 0. The Hall–Kier alpha value is -1.68. The monoisotopic (exact) mass is 365 g/mol. The average molecular weight is 366 g/mol. The molecule has 0 saturated heterocycles. The molecule has 20 heavy (non-hydrogen) atoms. The Morgan fingerprint density at radius 1 is 1.40 bits per heavy atom. The Morgan fingerprint density at radius 3 is 2.60 bits per heavy atom. The second kappa shape index (κ2) is 7.80. The standard InChI is InChI=1S/C10H12BrN3O5S/c11-6-4-12-10(20-6)14-9(19)13-5(8(17)18)2-1-3-7(15)16/h4-5H,1-3H2,(H,15,16)(H,17,18)(H2,12,13,14,19)/t5-/m1/s1. The molecule has 1 heterocycles. The molecule has 0 aliphatic carbocycles. The van der Waals surface area contributed by atoms with Gasteiger partial charge in [0.2, 0.25) is 0 Å². The quantitative estimate of drug-likeness (QED) is 0.582. The van der Waals surface area contributed by atoms with Gasteiger partial charge in [0.05, 0.1) is 9.98 Å². The lowest BCUT2D eigenvalue weighted by Crippen LogP contribution is -2.43. The van der Waals surface area contributed by atoms with Gasteiger partial charge in [0, 0.05) is 6.42 Å². The number of carbonyl (C=O) groups excluding carboxylic acids is 1. The zero-order valence-electron chi connectivity index (χ0n) is 10.1. The molecule has 0 aliphatic heterocycles. The zero-order valence-corrected chi connectivity index (χ0v) is 12.5. The minimum absolute atomic E-state index is 0.0383. The van der Waals surface area contributed by atoms with Gasteiger partial charge in [-0.3, -0.25) is 10.1 Å². The van der Waals surface area contributed by atoms with Crippen molar-refractivity contribution in [1.82, 2.24) is 10.3 Å². The third-order valence-corrected chi connectivity index (χ3v) is 3.58. The summed E-state index contributed by atoms with van der Waals surface area (Å²) in [6.45, 7) is 0. The summed E-state index contributed by atoms with van der Waals surface area (Å²) in [5.74, 6) is -2.22. The fourth-order valence-electron chi connectivity index (χ4n) is 1.32. The number of thiazole rings is 1. The van der Waals surface area contributed by atoms with Crippen LogP contribution in [0.4, 0.5) is 9.93 Å². The van der Waals surface area contributed by atoms with E-state index in [1.54, 1.807) is 0 Å². The van der Waals surface area contributed by atoms with E-state index >= 15 is 0 Å². The number of nitrogens with zero attached hydrogens (tertiary/aromatic N) is 1. The van der Waals surface area contributed by atoms with Crippen molar-refractivity contribution in [3.8, 4) is 0 Å². The summed E-state index contributed by atoms with van der Waals surface area (Å²) in [6.07, 6.45) is 1.56. The van der Waals surface area contributed by atoms with Crippen LogP contribution in [-0.2, 0) is 9.59 Å². The van der Waals surface area contributed by atoms with E-state index < -0.39 is 24.0 Å². The van der Waals surface area contributed by atoms with E-state index in [9.17, 15) is 14.4 Å². The van der Waals surface area contributed by atoms with Crippen LogP contribution >= 0.6 is 27.3 Å². The van der Waals surface area contributed by atoms with Gasteiger partial charge in [-0.25, -0.2) is 14.6 Å². The van der Waals surface area contributed by atoms with Crippen LogP contribution < -0.4 is 10.6 Å². The predicted octanol–water partition coefficient (Wildman–Crippen LogP) is 1.74. The highest BCUT2D eigenvalue weighted by Crippen LogP contribution is 2.22. The van der Waals surface area contributed by atoms with E-state index in [2.05, 4.69) is 31.5 Å². The molecule has 0 radical (unpaired) electrons. The number of aliphatic carboxylic acids is 2. The Balaban J connectivity index is 2.46. The fraction of sp³-hybridized carbons (Fsp3) is 0.400. The molecule has 0 unspecified atom stereocenters. The maximum atomic E-state index is 11.6. The van der Waals surface area contributed by atoms with Gasteiger partial charge in [-0.1, -0.05) is 11.3 Å². The number of aromatic nitrogens is 1. The fourth-order valence-corrected chi connectivity index (χ4v) is 2.42. The van der Waals surface area contributed by atoms with Crippen molar-refractivity contribution >= 4 is 50.4 Å². The minimum atomic E-state index is -1.22. The SMILES string of the molecule is O=C(O)CCC[C@@H](NC(=O)Nc1ncc(Br)s1)C(=O)O. The van der Waals surface area contributed by atoms with E-state index in [-0.39, 0.29) is 19.3 Å². The molecule has 110 valence electrons. The number of nitrogens with one attached hydrogen (secondary N) is 2. The van der Waals surface area contributed by atoms with Crippen LogP contribution in [0.25, 0.3) is 0 Å². The van der Waals surface area contributed by atoms with Crippen molar-refractivity contribution in [2.75, 3.05) is 5.32 Å². The van der Waals surface area contributed by atoms with Crippen molar-refractivity contribution in [2.45, 2.75) is 25.3 Å². The van der Waals surface area contributed by atoms with Crippen LogP contribution in [-0.4, -0.2) is 39.2 Å². The van der Waals surface area contributed by atoms with Crippen LogP contribution in [0.1, 0.15) is 19.3 Å². The number of anilines is 1. The number of carboxylic acids is 2. The highest BCUT2D eigenvalue weighted by atomic mass is 79.9. The lowest BCUT2D eigenvalue weighted by molar-refractivity contribution is -0.140. The molecular formula is C10H12BrN3O5S. The lowest BCUT2D eigenvalue weighted by Gasteiger charge is -2.13. The van der Waals surface area contributed by atoms with Gasteiger partial charge < -0.3 is 15.5 Å². The van der Waals surface area contributed by atoms with E-state index in [0.29, 0.717) is 5.13 Å². The molecule has 10 heteroatoms. The van der Waals surface area contributed by atoms with Crippen LogP contribution in [0.15, 0.2) is 9.98 Å². The Kier molecular flexibility index (Phi) is 6.39. The Bertz CT molecular complexity index is 507. The second-order valence-electron chi connectivity index (χ2n) is 3.74. The van der Waals surface area contributed by atoms with Crippen LogP contribution in [0.3, 0.4) is 0 Å². The van der Waals surface area contributed by atoms with Crippen molar-refractivity contribution in [2.24, 2.45) is 0 Å². The average Bonchev–Trinajstić information content (AvgIpc) is 2.72. The third-order valence-electron chi connectivity index (χ3n) is 2.18. The second-order valence-corrected chi connectivity index (χ2v) is 6.15. The van der Waals surface area contributed by atoms with Crippen molar-refractivity contribution < 1.29 is 24.6 Å². The van der Waals surface area contributed by atoms with E-state index in [4.69, 9.17) is 10.2 Å². The smallest absolute Gasteiger partial charge is 0.326 e. The molecule has 8 nitrogen and oxygen atoms in total. The predicted molar refractivity (Wildman–Crippen MR) is 74.9 cm³/mol. The number of hydrogen-bond donors (Lipinski definition) is 4. The Morgan fingerprint density at radius 2 is 2.10 bits per heavy atom. The van der Waals surface area contributed by atoms with Crippen molar-refractivity contribution in [3.05, 3.63) is 9.98 Å². The summed E-state index contributed by atoms with van der Waals surface area (Å²) in [7, 11) is 0. The zero-order chi connectivity index (χ0) is 15.1. The van der Waals surface area contributed by atoms with E-state index in [0.717, 1.165) is 3.79 Å². The number of urea groups is 1. The lowest BCUT2D eigenvalue weighted by atomic mass is 10.1. The first-order valence-corrected chi connectivity index (χ1v) is 7.13. The minimum Gasteiger partial charge on any atom is -0.481 e. The molecule has 1 rings (SSSR count). The molecule has 1 aromatic rings.